The molecular formula is C23H26N6O4. The molecular weight excluding hydrogens is 424 g/mol. The summed E-state index contributed by atoms with van der Waals surface area (Å²) in [6.45, 7) is 0.181. The van der Waals surface area contributed by atoms with E-state index in [4.69, 9.17) is 15.9 Å². The molecule has 1 atom stereocenters. The molecule has 3 heterocycles. The molecule has 10 heteroatoms. The van der Waals surface area contributed by atoms with Crippen molar-refractivity contribution in [3.8, 4) is 24.0 Å². The fourth-order valence-corrected chi connectivity index (χ4v) is 3.44. The number of hydrogen-bond donors (Lipinski definition) is 1. The third-order valence-corrected chi connectivity index (χ3v) is 5.34. The molecule has 1 aliphatic rings. The maximum atomic E-state index is 13.8. The smallest absolute Gasteiger partial charge is 0.260 e. The van der Waals surface area contributed by atoms with Crippen LogP contribution < -0.4 is 14.8 Å². The molecule has 0 aromatic carbocycles. The van der Waals surface area contributed by atoms with Crippen LogP contribution in [0.2, 0.25) is 0 Å². The number of pyridine rings is 2. The van der Waals surface area contributed by atoms with Crippen LogP contribution in [-0.2, 0) is 4.79 Å². The number of rotatable bonds is 11. The summed E-state index contributed by atoms with van der Waals surface area (Å²) >= 11 is 0. The van der Waals surface area contributed by atoms with Gasteiger partial charge in [0.05, 0.1) is 19.9 Å². The predicted molar refractivity (Wildman–Crippen MR) is 120 cm³/mol. The lowest BCUT2D eigenvalue weighted by Crippen LogP contribution is -2.44. The summed E-state index contributed by atoms with van der Waals surface area (Å²) in [5.41, 5.74) is -0.0247. The molecule has 0 saturated carbocycles. The van der Waals surface area contributed by atoms with Crippen molar-refractivity contribution in [3.63, 3.8) is 0 Å². The van der Waals surface area contributed by atoms with Gasteiger partial charge in [-0.3, -0.25) is 14.6 Å². The molecule has 1 unspecified atom stereocenters. The second-order valence-electron chi connectivity index (χ2n) is 7.33. The van der Waals surface area contributed by atoms with E-state index >= 15 is 0 Å². The minimum atomic E-state index is -0.987. The average Bonchev–Trinajstić information content (AvgIpc) is 3.64. The first-order valence-electron chi connectivity index (χ1n) is 10.4. The summed E-state index contributed by atoms with van der Waals surface area (Å²) in [6.07, 6.45) is 9.83. The average molecular weight is 450 g/mol. The van der Waals surface area contributed by atoms with Gasteiger partial charge in [0.15, 0.2) is 11.7 Å². The van der Waals surface area contributed by atoms with Crippen molar-refractivity contribution in [1.29, 1.82) is 0 Å². The Hall–Kier alpha value is -4.00. The van der Waals surface area contributed by atoms with Crippen LogP contribution >= 0.6 is 0 Å². The van der Waals surface area contributed by atoms with Crippen LogP contribution in [-0.4, -0.2) is 60.2 Å². The number of methoxy groups -OCH3 is 2. The number of carbonyl (C=O) groups excluding carboxylic acids is 2. The zero-order valence-corrected chi connectivity index (χ0v) is 18.8. The lowest BCUT2D eigenvalue weighted by molar-refractivity contribution is -0.125. The molecule has 2 amide bonds. The molecule has 2 aromatic rings. The summed E-state index contributed by atoms with van der Waals surface area (Å²) in [7, 11) is 4.43. The van der Waals surface area contributed by atoms with E-state index in [1.165, 1.54) is 38.4 Å². The van der Waals surface area contributed by atoms with E-state index < -0.39 is 17.6 Å². The first-order valence-corrected chi connectivity index (χ1v) is 10.4. The van der Waals surface area contributed by atoms with Gasteiger partial charge < -0.3 is 19.7 Å². The Labute approximate surface area is 192 Å². The van der Waals surface area contributed by atoms with Crippen LogP contribution in [0.4, 0.5) is 0 Å². The molecule has 0 spiro atoms. The maximum Gasteiger partial charge on any atom is 0.260 e. The first-order chi connectivity index (χ1) is 16.0. The Balaban J connectivity index is 2.00. The molecule has 33 heavy (non-hydrogen) atoms. The normalized spacial score (nSPS) is 14.0. The largest absolute Gasteiger partial charge is 0.496 e. The second-order valence-corrected chi connectivity index (χ2v) is 7.33. The van der Waals surface area contributed by atoms with Crippen molar-refractivity contribution in [1.82, 2.24) is 20.2 Å². The van der Waals surface area contributed by atoms with Gasteiger partial charge in [-0.25, -0.2) is 4.98 Å². The third-order valence-electron chi connectivity index (χ3n) is 5.34. The Morgan fingerprint density at radius 3 is 2.58 bits per heavy atom. The van der Waals surface area contributed by atoms with Gasteiger partial charge in [0.25, 0.3) is 5.91 Å². The van der Waals surface area contributed by atoms with E-state index in [0.29, 0.717) is 30.8 Å². The van der Waals surface area contributed by atoms with E-state index in [2.05, 4.69) is 31.4 Å². The highest BCUT2D eigenvalue weighted by molar-refractivity contribution is 5.99. The van der Waals surface area contributed by atoms with E-state index in [1.807, 2.05) is 0 Å². The number of carbonyl (C=O) groups is 2. The molecule has 172 valence electrons. The van der Waals surface area contributed by atoms with Gasteiger partial charge in [0.1, 0.15) is 11.3 Å². The lowest BCUT2D eigenvalue weighted by Gasteiger charge is -2.31. The number of hydrogen-bond acceptors (Lipinski definition) is 8. The molecule has 1 N–H and O–H groups in total. The molecule has 0 bridgehead atoms. The Morgan fingerprint density at radius 2 is 2.00 bits per heavy atom. The predicted octanol–water partition coefficient (Wildman–Crippen LogP) is 2.39. The number of nitrogens with zero attached hydrogens (tertiary/aromatic N) is 5. The van der Waals surface area contributed by atoms with Crippen LogP contribution in [0, 0.1) is 12.3 Å². The number of likely N-dealkylation sites (N-methyl/N-ethyl adjacent to an activating group) is 1. The molecule has 10 nitrogen and oxygen atoms in total. The van der Waals surface area contributed by atoms with Crippen molar-refractivity contribution in [3.05, 3.63) is 47.9 Å². The topological polar surface area (TPSA) is 118 Å². The molecule has 3 rings (SSSR count). The van der Waals surface area contributed by atoms with Crippen molar-refractivity contribution in [2.45, 2.75) is 31.0 Å². The fourth-order valence-electron chi connectivity index (χ4n) is 3.44. The minimum Gasteiger partial charge on any atom is -0.496 e. The first kappa shape index (κ1) is 23.7. The lowest BCUT2D eigenvalue weighted by atomic mass is 10.0. The van der Waals surface area contributed by atoms with E-state index in [-0.39, 0.29) is 23.8 Å². The summed E-state index contributed by atoms with van der Waals surface area (Å²) in [5, 5.41) is 10.9. The Bertz CT molecular complexity index is 1060. The summed E-state index contributed by atoms with van der Waals surface area (Å²) < 4.78 is 10.5. The highest BCUT2D eigenvalue weighted by Gasteiger charge is 2.42. The highest BCUT2D eigenvalue weighted by atomic mass is 16.5. The fraction of sp³-hybridized carbons (Fsp3) is 0.391. The highest BCUT2D eigenvalue weighted by Crippen LogP contribution is 2.38. The van der Waals surface area contributed by atoms with Gasteiger partial charge in [-0.1, -0.05) is 6.07 Å². The van der Waals surface area contributed by atoms with Gasteiger partial charge in [-0.05, 0) is 12.1 Å². The van der Waals surface area contributed by atoms with E-state index in [1.54, 1.807) is 24.4 Å². The molecule has 0 aliphatic carbocycles. The number of amides is 2. The van der Waals surface area contributed by atoms with Gasteiger partial charge in [-0.15, -0.1) is 12.3 Å². The number of terminal acetylenes is 1. The van der Waals surface area contributed by atoms with Crippen LogP contribution in [0.15, 0.2) is 46.9 Å². The van der Waals surface area contributed by atoms with Crippen molar-refractivity contribution in [2.24, 2.45) is 10.2 Å². The van der Waals surface area contributed by atoms with E-state index in [0.717, 1.165) is 0 Å². The quantitative estimate of drug-likeness (QED) is 0.525. The molecule has 0 fully saturated rings. The summed E-state index contributed by atoms with van der Waals surface area (Å²) in [5.74, 6) is 2.33. The standard InChI is InChI=1S/C23H26N6O4/c1-5-6-10-23(27-28-23)11-13-29(20(21(30)24-2)17-9-7-8-12-25-17)22(31)16-15-26-19(33-4)14-18(16)32-3/h1,7-9,12,14-15,20H,6,10-11,13H2,2-4H3,(H,24,30). The van der Waals surface area contributed by atoms with Gasteiger partial charge in [-0.2, -0.15) is 10.2 Å². The SMILES string of the molecule is C#CCCC1(CCN(C(=O)c2cnc(OC)cc2OC)C(C(=O)NC)c2ccccn2)N=N1. The van der Waals surface area contributed by atoms with E-state index in [9.17, 15) is 9.59 Å². The zero-order valence-electron chi connectivity index (χ0n) is 18.8. The Morgan fingerprint density at radius 1 is 1.21 bits per heavy atom. The maximum absolute atomic E-state index is 13.8. The summed E-state index contributed by atoms with van der Waals surface area (Å²) in [6, 6.07) is 5.73. The zero-order chi connectivity index (χ0) is 23.8. The van der Waals surface area contributed by atoms with Gasteiger partial charge >= 0.3 is 0 Å². The number of aromatic nitrogens is 2. The molecule has 2 aromatic heterocycles. The Kier molecular flexibility index (Phi) is 7.56. The molecule has 1 aliphatic heterocycles. The van der Waals surface area contributed by atoms with Crippen LogP contribution in [0.25, 0.3) is 0 Å². The third kappa shape index (κ3) is 5.44. The molecule has 0 saturated heterocycles. The summed E-state index contributed by atoms with van der Waals surface area (Å²) in [4.78, 5) is 36.7. The monoisotopic (exact) mass is 450 g/mol. The second kappa shape index (κ2) is 10.5. The van der Waals surface area contributed by atoms with Crippen molar-refractivity contribution in [2.75, 3.05) is 27.8 Å². The molecule has 0 radical (unpaired) electrons. The van der Waals surface area contributed by atoms with Crippen molar-refractivity contribution < 1.29 is 19.1 Å². The van der Waals surface area contributed by atoms with Crippen LogP contribution in [0.5, 0.6) is 11.6 Å². The number of nitrogens with one attached hydrogen (secondary N) is 1. The van der Waals surface area contributed by atoms with Gasteiger partial charge in [0.2, 0.25) is 11.8 Å². The number of ether oxygens (including phenoxy) is 2. The van der Waals surface area contributed by atoms with Crippen LogP contribution in [0.1, 0.15) is 41.4 Å². The van der Waals surface area contributed by atoms with Gasteiger partial charge in [0, 0.05) is 51.3 Å². The minimum absolute atomic E-state index is 0.181. The van der Waals surface area contributed by atoms with Crippen molar-refractivity contribution >= 4 is 11.8 Å². The van der Waals surface area contributed by atoms with Crippen LogP contribution in [0.3, 0.4) is 0 Å².